The third-order valence-electron chi connectivity index (χ3n) is 3.29. The predicted octanol–water partition coefficient (Wildman–Crippen LogP) is 2.77. The smallest absolute Gasteiger partial charge is 0.236 e. The molecule has 130 valence electrons. The number of amides is 1. The van der Waals surface area contributed by atoms with Crippen LogP contribution in [0.1, 0.15) is 11.9 Å². The number of nitrogens with zero attached hydrogens (tertiary/aromatic N) is 5. The third-order valence-corrected chi connectivity index (χ3v) is 5.29. The van der Waals surface area contributed by atoms with E-state index in [1.54, 1.807) is 23.7 Å². The predicted molar refractivity (Wildman–Crippen MR) is 95.0 cm³/mol. The van der Waals surface area contributed by atoms with Crippen LogP contribution in [0.3, 0.4) is 0 Å². The molecule has 0 aliphatic rings. The summed E-state index contributed by atoms with van der Waals surface area (Å²) >= 11 is 2.63. The molecule has 25 heavy (non-hydrogen) atoms. The minimum atomic E-state index is -0.305. The monoisotopic (exact) mass is 378 g/mol. The van der Waals surface area contributed by atoms with Crippen LogP contribution >= 0.6 is 23.1 Å². The Bertz CT molecular complexity index is 877. The van der Waals surface area contributed by atoms with Gasteiger partial charge in [0.15, 0.2) is 11.0 Å². The number of hydrogen-bond acceptors (Lipinski definition) is 7. The Balaban J connectivity index is 1.61. The lowest BCUT2D eigenvalue weighted by molar-refractivity contribution is -0.113. The molecule has 2 aromatic heterocycles. The standard InChI is InChI=1S/C15H15FN6OS2/c1-3-12-18-20-14(25-12)17-11(23)8-24-15-21-19-13(22(15)2)9-4-6-10(16)7-5-9/h4-7H,3,8H2,1-2H3,(H,17,20,23). The van der Waals surface area contributed by atoms with Crippen molar-refractivity contribution in [2.24, 2.45) is 7.05 Å². The van der Waals surface area contributed by atoms with Crippen LogP contribution in [0, 0.1) is 5.82 Å². The second kappa shape index (κ2) is 7.70. The van der Waals surface area contributed by atoms with Gasteiger partial charge in [0.25, 0.3) is 0 Å². The van der Waals surface area contributed by atoms with E-state index in [2.05, 4.69) is 25.7 Å². The first-order valence-corrected chi connectivity index (χ1v) is 9.27. The fraction of sp³-hybridized carbons (Fsp3) is 0.267. The molecular formula is C15H15FN6OS2. The maximum Gasteiger partial charge on any atom is 0.236 e. The number of rotatable bonds is 6. The molecule has 1 aromatic carbocycles. The molecule has 7 nitrogen and oxygen atoms in total. The topological polar surface area (TPSA) is 85.6 Å². The lowest BCUT2D eigenvalue weighted by Gasteiger charge is -2.04. The quantitative estimate of drug-likeness (QED) is 0.664. The zero-order valence-electron chi connectivity index (χ0n) is 13.6. The highest BCUT2D eigenvalue weighted by atomic mass is 32.2. The first kappa shape index (κ1) is 17.5. The maximum absolute atomic E-state index is 13.0. The van der Waals surface area contributed by atoms with Gasteiger partial charge >= 0.3 is 0 Å². The molecule has 1 N–H and O–H groups in total. The minimum Gasteiger partial charge on any atom is -0.305 e. The summed E-state index contributed by atoms with van der Waals surface area (Å²) < 4.78 is 14.8. The van der Waals surface area contributed by atoms with Gasteiger partial charge in [-0.1, -0.05) is 30.0 Å². The van der Waals surface area contributed by atoms with Gasteiger partial charge in [0, 0.05) is 12.6 Å². The van der Waals surface area contributed by atoms with Crippen molar-refractivity contribution in [3.8, 4) is 11.4 Å². The molecule has 3 rings (SSSR count). The van der Waals surface area contributed by atoms with E-state index in [1.165, 1.54) is 35.2 Å². The zero-order chi connectivity index (χ0) is 17.8. The number of aryl methyl sites for hydroxylation is 1. The van der Waals surface area contributed by atoms with Crippen molar-refractivity contribution < 1.29 is 9.18 Å². The molecule has 0 saturated heterocycles. The second-order valence-electron chi connectivity index (χ2n) is 5.06. The van der Waals surface area contributed by atoms with Gasteiger partial charge in [-0.15, -0.1) is 20.4 Å². The van der Waals surface area contributed by atoms with E-state index < -0.39 is 0 Å². The Morgan fingerprint density at radius 1 is 1.24 bits per heavy atom. The van der Waals surface area contributed by atoms with E-state index in [1.807, 2.05) is 6.92 Å². The Morgan fingerprint density at radius 3 is 2.68 bits per heavy atom. The largest absolute Gasteiger partial charge is 0.305 e. The number of benzene rings is 1. The summed E-state index contributed by atoms with van der Waals surface area (Å²) in [5, 5.41) is 20.8. The van der Waals surface area contributed by atoms with E-state index in [0.29, 0.717) is 16.1 Å². The molecule has 0 unspecified atom stereocenters. The molecule has 0 atom stereocenters. The van der Waals surface area contributed by atoms with Crippen LogP contribution in [0.2, 0.25) is 0 Å². The number of anilines is 1. The first-order valence-electron chi connectivity index (χ1n) is 7.47. The van der Waals surface area contributed by atoms with Gasteiger partial charge in [-0.3, -0.25) is 10.1 Å². The second-order valence-corrected chi connectivity index (χ2v) is 7.07. The van der Waals surface area contributed by atoms with Crippen LogP contribution < -0.4 is 5.32 Å². The summed E-state index contributed by atoms with van der Waals surface area (Å²) in [6, 6.07) is 6.02. The molecule has 1 amide bonds. The Hall–Kier alpha value is -2.33. The van der Waals surface area contributed by atoms with Gasteiger partial charge in [-0.25, -0.2) is 4.39 Å². The Kier molecular flexibility index (Phi) is 5.39. The van der Waals surface area contributed by atoms with Crippen molar-refractivity contribution >= 4 is 34.1 Å². The van der Waals surface area contributed by atoms with Gasteiger partial charge in [0.05, 0.1) is 5.75 Å². The maximum atomic E-state index is 13.0. The van der Waals surface area contributed by atoms with Crippen LogP contribution in [-0.4, -0.2) is 36.6 Å². The average Bonchev–Trinajstić information content (AvgIpc) is 3.20. The molecule has 3 aromatic rings. The lowest BCUT2D eigenvalue weighted by Crippen LogP contribution is -2.14. The fourth-order valence-electron chi connectivity index (χ4n) is 2.02. The molecular weight excluding hydrogens is 363 g/mol. The zero-order valence-corrected chi connectivity index (χ0v) is 15.2. The molecule has 0 aliphatic heterocycles. The summed E-state index contributed by atoms with van der Waals surface area (Å²) in [4.78, 5) is 12.0. The molecule has 2 heterocycles. The molecule has 0 radical (unpaired) electrons. The lowest BCUT2D eigenvalue weighted by atomic mass is 10.2. The average molecular weight is 378 g/mol. The summed E-state index contributed by atoms with van der Waals surface area (Å²) in [6.07, 6.45) is 0.785. The Labute approximate surface area is 151 Å². The van der Waals surface area contributed by atoms with Crippen LogP contribution in [0.5, 0.6) is 0 Å². The van der Waals surface area contributed by atoms with Crippen molar-refractivity contribution in [3.63, 3.8) is 0 Å². The highest BCUT2D eigenvalue weighted by Gasteiger charge is 2.14. The minimum absolute atomic E-state index is 0.177. The van der Waals surface area contributed by atoms with Gasteiger partial charge in [-0.05, 0) is 30.7 Å². The number of aromatic nitrogens is 5. The van der Waals surface area contributed by atoms with Crippen LogP contribution in [-0.2, 0) is 18.3 Å². The number of thioether (sulfide) groups is 1. The van der Waals surface area contributed by atoms with Crippen molar-refractivity contribution in [2.45, 2.75) is 18.5 Å². The van der Waals surface area contributed by atoms with E-state index >= 15 is 0 Å². The summed E-state index contributed by atoms with van der Waals surface area (Å²) in [5.41, 5.74) is 0.758. The van der Waals surface area contributed by atoms with Crippen molar-refractivity contribution in [1.82, 2.24) is 25.0 Å². The van der Waals surface area contributed by atoms with Crippen LogP contribution in [0.15, 0.2) is 29.4 Å². The summed E-state index contributed by atoms with van der Waals surface area (Å²) in [5.74, 6) is 0.297. The molecule has 0 saturated carbocycles. The van der Waals surface area contributed by atoms with Crippen molar-refractivity contribution in [3.05, 3.63) is 35.1 Å². The van der Waals surface area contributed by atoms with Gasteiger partial charge < -0.3 is 4.57 Å². The van der Waals surface area contributed by atoms with E-state index in [4.69, 9.17) is 0 Å². The van der Waals surface area contributed by atoms with E-state index in [9.17, 15) is 9.18 Å². The number of nitrogens with one attached hydrogen (secondary N) is 1. The first-order chi connectivity index (χ1) is 12.1. The normalized spacial score (nSPS) is 10.8. The molecule has 0 fully saturated rings. The SMILES string of the molecule is CCc1nnc(NC(=O)CSc2nnc(-c3ccc(F)cc3)n2C)s1. The van der Waals surface area contributed by atoms with Gasteiger partial charge in [0.1, 0.15) is 10.8 Å². The Morgan fingerprint density at radius 2 is 2.00 bits per heavy atom. The highest BCUT2D eigenvalue weighted by molar-refractivity contribution is 7.99. The molecule has 0 spiro atoms. The van der Waals surface area contributed by atoms with Gasteiger partial charge in [0.2, 0.25) is 11.0 Å². The van der Waals surface area contributed by atoms with Crippen LogP contribution in [0.4, 0.5) is 9.52 Å². The van der Waals surface area contributed by atoms with Crippen molar-refractivity contribution in [1.29, 1.82) is 0 Å². The van der Waals surface area contributed by atoms with Crippen molar-refractivity contribution in [2.75, 3.05) is 11.1 Å². The van der Waals surface area contributed by atoms with E-state index in [0.717, 1.165) is 17.0 Å². The third kappa shape index (κ3) is 4.20. The molecule has 10 heteroatoms. The molecule has 0 aliphatic carbocycles. The summed E-state index contributed by atoms with van der Waals surface area (Å²) in [7, 11) is 1.80. The number of hydrogen-bond donors (Lipinski definition) is 1. The van der Waals surface area contributed by atoms with E-state index in [-0.39, 0.29) is 17.5 Å². The number of carbonyl (C=O) groups is 1. The fourth-order valence-corrected chi connectivity index (χ4v) is 3.43. The van der Waals surface area contributed by atoms with Gasteiger partial charge in [-0.2, -0.15) is 0 Å². The van der Waals surface area contributed by atoms with Crippen LogP contribution in [0.25, 0.3) is 11.4 Å². The molecule has 0 bridgehead atoms. The summed E-state index contributed by atoms with van der Waals surface area (Å²) in [6.45, 7) is 1.98. The number of halogens is 1. The number of carbonyl (C=O) groups excluding carboxylic acids is 1. The highest BCUT2D eigenvalue weighted by Crippen LogP contribution is 2.23.